The number of carbonyl (C=O) groups excluding carboxylic acids is 1. The van der Waals surface area contributed by atoms with E-state index in [0.717, 1.165) is 10.9 Å². The highest BCUT2D eigenvalue weighted by molar-refractivity contribution is 5.85. The quantitative estimate of drug-likeness (QED) is 0.639. The molecule has 0 saturated carbocycles. The maximum atomic E-state index is 12.0. The summed E-state index contributed by atoms with van der Waals surface area (Å²) in [5, 5.41) is 0.884. The molecular formula is C16H18O5. The Labute approximate surface area is 122 Å². The van der Waals surface area contributed by atoms with E-state index in [-0.39, 0.29) is 12.2 Å². The van der Waals surface area contributed by atoms with Crippen LogP contribution < -0.4 is 10.4 Å². The van der Waals surface area contributed by atoms with Gasteiger partial charge in [-0.05, 0) is 38.0 Å². The summed E-state index contributed by atoms with van der Waals surface area (Å²) < 4.78 is 15.3. The molecule has 1 aromatic carbocycles. The molecule has 2 rings (SSSR count). The van der Waals surface area contributed by atoms with Gasteiger partial charge in [0.2, 0.25) is 0 Å². The molecule has 0 unspecified atom stereocenters. The van der Waals surface area contributed by atoms with Crippen LogP contribution in [-0.4, -0.2) is 19.7 Å². The van der Waals surface area contributed by atoms with E-state index in [4.69, 9.17) is 9.15 Å². The van der Waals surface area contributed by atoms with Crippen molar-refractivity contribution in [1.82, 2.24) is 0 Å². The zero-order valence-corrected chi connectivity index (χ0v) is 12.6. The zero-order chi connectivity index (χ0) is 15.6. The highest BCUT2D eigenvalue weighted by Gasteiger charge is 2.14. The Morgan fingerprint density at radius 3 is 2.57 bits per heavy atom. The fourth-order valence-corrected chi connectivity index (χ4v) is 2.33. The van der Waals surface area contributed by atoms with Crippen LogP contribution in [0.5, 0.6) is 5.75 Å². The van der Waals surface area contributed by atoms with Crippen LogP contribution in [0.3, 0.4) is 0 Å². The first-order valence-electron chi connectivity index (χ1n) is 6.75. The van der Waals surface area contributed by atoms with E-state index in [9.17, 15) is 9.59 Å². The third-order valence-corrected chi connectivity index (χ3v) is 3.58. The molecule has 0 amide bonds. The molecule has 0 aliphatic carbocycles. The number of fused-ring (bicyclic) bond motifs is 1. The summed E-state index contributed by atoms with van der Waals surface area (Å²) in [6.07, 6.45) is 0.629. The van der Waals surface area contributed by atoms with Gasteiger partial charge in [0.25, 0.3) is 0 Å². The van der Waals surface area contributed by atoms with Crippen molar-refractivity contribution < 1.29 is 18.7 Å². The van der Waals surface area contributed by atoms with Crippen LogP contribution in [0.1, 0.15) is 23.6 Å². The van der Waals surface area contributed by atoms with Gasteiger partial charge in [-0.2, -0.15) is 0 Å². The second-order valence-electron chi connectivity index (χ2n) is 4.78. The van der Waals surface area contributed by atoms with Gasteiger partial charge in [-0.1, -0.05) is 6.92 Å². The maximum absolute atomic E-state index is 12.0. The Bertz CT molecular complexity index is 742. The lowest BCUT2D eigenvalue weighted by Gasteiger charge is -2.12. The highest BCUT2D eigenvalue weighted by atomic mass is 16.6. The molecule has 1 heterocycles. The van der Waals surface area contributed by atoms with Gasteiger partial charge in [0.05, 0.1) is 7.11 Å². The van der Waals surface area contributed by atoms with E-state index in [2.05, 4.69) is 4.74 Å². The predicted octanol–water partition coefficient (Wildman–Crippen LogP) is 2.52. The number of hydrogen-bond donors (Lipinski definition) is 0. The Balaban J connectivity index is 2.52. The Morgan fingerprint density at radius 1 is 1.24 bits per heavy atom. The zero-order valence-electron chi connectivity index (χ0n) is 12.6. The van der Waals surface area contributed by atoms with E-state index in [1.807, 2.05) is 19.9 Å². The number of hydrogen-bond acceptors (Lipinski definition) is 5. The molecule has 0 aliphatic rings. The summed E-state index contributed by atoms with van der Waals surface area (Å²) in [6, 6.07) is 3.61. The average molecular weight is 290 g/mol. The topological polar surface area (TPSA) is 65.7 Å². The number of carbonyl (C=O) groups is 1. The standard InChI is InChI=1S/C16H18O5/c1-5-11-9(2)12-6-7-13(20-8-14(17)19-4)10(3)15(12)21-16(11)18/h6-7H,5,8H2,1-4H3. The van der Waals surface area contributed by atoms with Gasteiger partial charge in [0.1, 0.15) is 11.3 Å². The number of methoxy groups -OCH3 is 1. The lowest BCUT2D eigenvalue weighted by atomic mass is 10.0. The fraction of sp³-hybridized carbons (Fsp3) is 0.375. The molecule has 0 aliphatic heterocycles. The van der Waals surface area contributed by atoms with Gasteiger partial charge >= 0.3 is 11.6 Å². The van der Waals surface area contributed by atoms with Crippen LogP contribution in [0.15, 0.2) is 21.3 Å². The monoisotopic (exact) mass is 290 g/mol. The molecule has 0 atom stereocenters. The van der Waals surface area contributed by atoms with Crippen LogP contribution in [-0.2, 0) is 16.0 Å². The van der Waals surface area contributed by atoms with Gasteiger partial charge in [0, 0.05) is 16.5 Å². The molecule has 112 valence electrons. The minimum atomic E-state index is -0.464. The maximum Gasteiger partial charge on any atom is 0.343 e. The van der Waals surface area contributed by atoms with Crippen LogP contribution >= 0.6 is 0 Å². The molecule has 0 saturated heterocycles. The SMILES string of the molecule is CCc1c(C)c2ccc(OCC(=O)OC)c(C)c2oc1=O. The van der Waals surface area contributed by atoms with Crippen LogP contribution in [0.25, 0.3) is 11.0 Å². The number of esters is 1. The van der Waals surface area contributed by atoms with E-state index in [1.54, 1.807) is 13.0 Å². The van der Waals surface area contributed by atoms with E-state index >= 15 is 0 Å². The van der Waals surface area contributed by atoms with Gasteiger partial charge in [-0.25, -0.2) is 9.59 Å². The third-order valence-electron chi connectivity index (χ3n) is 3.58. The minimum Gasteiger partial charge on any atom is -0.481 e. The second kappa shape index (κ2) is 5.99. The second-order valence-corrected chi connectivity index (χ2v) is 4.78. The van der Waals surface area contributed by atoms with Gasteiger partial charge < -0.3 is 13.9 Å². The Hall–Kier alpha value is -2.30. The van der Waals surface area contributed by atoms with Gasteiger partial charge in [-0.3, -0.25) is 0 Å². The number of benzene rings is 1. The molecular weight excluding hydrogens is 272 g/mol. The molecule has 5 nitrogen and oxygen atoms in total. The molecule has 0 fully saturated rings. The normalized spacial score (nSPS) is 10.7. The molecule has 21 heavy (non-hydrogen) atoms. The molecule has 1 aromatic heterocycles. The third kappa shape index (κ3) is 2.77. The van der Waals surface area contributed by atoms with Crippen molar-refractivity contribution in [3.63, 3.8) is 0 Å². The summed E-state index contributed by atoms with van der Waals surface area (Å²) in [4.78, 5) is 23.1. The highest BCUT2D eigenvalue weighted by Crippen LogP contribution is 2.29. The first-order chi connectivity index (χ1) is 9.99. The van der Waals surface area contributed by atoms with Crippen molar-refractivity contribution in [2.75, 3.05) is 13.7 Å². The van der Waals surface area contributed by atoms with Gasteiger partial charge in [-0.15, -0.1) is 0 Å². The number of ether oxygens (including phenoxy) is 2. The van der Waals surface area contributed by atoms with Crippen molar-refractivity contribution in [2.24, 2.45) is 0 Å². The van der Waals surface area contributed by atoms with Crippen molar-refractivity contribution in [2.45, 2.75) is 27.2 Å². The molecule has 0 N–H and O–H groups in total. The summed E-state index contributed by atoms with van der Waals surface area (Å²) in [6.45, 7) is 5.44. The summed E-state index contributed by atoms with van der Waals surface area (Å²) in [5.74, 6) is 0.0353. The van der Waals surface area contributed by atoms with E-state index in [0.29, 0.717) is 28.9 Å². The van der Waals surface area contributed by atoms with E-state index < -0.39 is 5.97 Å². The lowest BCUT2D eigenvalue weighted by Crippen LogP contribution is -2.13. The Morgan fingerprint density at radius 2 is 1.95 bits per heavy atom. The van der Waals surface area contributed by atoms with Crippen LogP contribution in [0, 0.1) is 13.8 Å². The first-order valence-corrected chi connectivity index (χ1v) is 6.75. The van der Waals surface area contributed by atoms with Crippen molar-refractivity contribution >= 4 is 16.9 Å². The number of aryl methyl sites for hydroxylation is 2. The van der Waals surface area contributed by atoms with Crippen molar-refractivity contribution in [3.8, 4) is 5.75 Å². The average Bonchev–Trinajstić information content (AvgIpc) is 2.47. The minimum absolute atomic E-state index is 0.181. The number of rotatable bonds is 4. The van der Waals surface area contributed by atoms with Gasteiger partial charge in [0.15, 0.2) is 6.61 Å². The van der Waals surface area contributed by atoms with Crippen molar-refractivity contribution in [1.29, 1.82) is 0 Å². The molecule has 0 bridgehead atoms. The van der Waals surface area contributed by atoms with Crippen LogP contribution in [0.2, 0.25) is 0 Å². The molecule has 0 radical (unpaired) electrons. The summed E-state index contributed by atoms with van der Waals surface area (Å²) >= 11 is 0. The van der Waals surface area contributed by atoms with Crippen molar-refractivity contribution in [3.05, 3.63) is 39.2 Å². The smallest absolute Gasteiger partial charge is 0.343 e. The summed E-state index contributed by atoms with van der Waals surface area (Å²) in [5.41, 5.74) is 2.48. The molecule has 5 heteroatoms. The van der Waals surface area contributed by atoms with Crippen LogP contribution in [0.4, 0.5) is 0 Å². The predicted molar refractivity (Wildman–Crippen MR) is 78.8 cm³/mol. The first kappa shape index (κ1) is 15.1. The molecule has 0 spiro atoms. The largest absolute Gasteiger partial charge is 0.481 e. The Kier molecular flexibility index (Phi) is 4.31. The summed E-state index contributed by atoms with van der Waals surface area (Å²) in [7, 11) is 1.30. The van der Waals surface area contributed by atoms with E-state index in [1.165, 1.54) is 7.11 Å². The lowest BCUT2D eigenvalue weighted by molar-refractivity contribution is -0.142. The molecule has 2 aromatic rings. The fourth-order valence-electron chi connectivity index (χ4n) is 2.33.